The van der Waals surface area contributed by atoms with E-state index >= 15 is 0 Å². The molecule has 6 nitrogen and oxygen atoms in total. The Balaban J connectivity index is 2.37. The molecule has 2 N–H and O–H groups in total. The molecule has 3 rings (SSSR count). The molecular weight excluding hydrogens is 516 g/mol. The molecule has 0 amide bonds. The van der Waals surface area contributed by atoms with Crippen LogP contribution in [0.15, 0.2) is 88.9 Å². The second-order valence-corrected chi connectivity index (χ2v) is 12.2. The van der Waals surface area contributed by atoms with Crippen LogP contribution in [0.5, 0.6) is 0 Å². The number of ketones is 2. The SMILES string of the molecule is C=C(C)CCC(CC(=C)C)CC1(CC=C(C)C)C(=O)C2=C(O[C@@H](C)CC2=O)C(C(CC(=O)O)c2ccccc2)=C1O. The molecule has 0 fully saturated rings. The summed E-state index contributed by atoms with van der Waals surface area (Å²) in [5, 5.41) is 22.3. The first-order chi connectivity index (χ1) is 19.3. The van der Waals surface area contributed by atoms with Gasteiger partial charge in [-0.3, -0.25) is 14.4 Å². The van der Waals surface area contributed by atoms with Gasteiger partial charge in [0.25, 0.3) is 0 Å². The summed E-state index contributed by atoms with van der Waals surface area (Å²) in [6, 6.07) is 9.03. The third-order valence-corrected chi connectivity index (χ3v) is 7.95. The van der Waals surface area contributed by atoms with Crippen LogP contribution in [0.25, 0.3) is 0 Å². The van der Waals surface area contributed by atoms with E-state index in [4.69, 9.17) is 4.74 Å². The molecule has 0 spiro atoms. The largest absolute Gasteiger partial charge is 0.511 e. The molecule has 1 aliphatic carbocycles. The minimum absolute atomic E-state index is 0.0255. The van der Waals surface area contributed by atoms with Gasteiger partial charge in [0, 0.05) is 17.9 Å². The van der Waals surface area contributed by atoms with E-state index in [1.54, 1.807) is 31.2 Å². The Morgan fingerprint density at radius 2 is 1.76 bits per heavy atom. The van der Waals surface area contributed by atoms with E-state index in [1.807, 2.05) is 39.8 Å². The summed E-state index contributed by atoms with van der Waals surface area (Å²) in [6.45, 7) is 17.6. The highest BCUT2D eigenvalue weighted by Crippen LogP contribution is 2.53. The van der Waals surface area contributed by atoms with Gasteiger partial charge in [0.15, 0.2) is 11.6 Å². The van der Waals surface area contributed by atoms with Gasteiger partial charge in [-0.25, -0.2) is 0 Å². The van der Waals surface area contributed by atoms with Crippen LogP contribution < -0.4 is 0 Å². The Kier molecular flexibility index (Phi) is 10.4. The van der Waals surface area contributed by atoms with Crippen LogP contribution >= 0.6 is 0 Å². The monoisotopic (exact) mass is 560 g/mol. The van der Waals surface area contributed by atoms with Crippen molar-refractivity contribution in [2.75, 3.05) is 0 Å². The number of hydrogen-bond acceptors (Lipinski definition) is 5. The van der Waals surface area contributed by atoms with Crippen LogP contribution in [0.4, 0.5) is 0 Å². The minimum atomic E-state index is -1.45. The lowest BCUT2D eigenvalue weighted by Gasteiger charge is -2.43. The average molecular weight is 561 g/mol. The van der Waals surface area contributed by atoms with Crippen molar-refractivity contribution in [3.8, 4) is 0 Å². The Hall–Kier alpha value is -3.67. The summed E-state index contributed by atoms with van der Waals surface area (Å²) >= 11 is 0. The third-order valence-electron chi connectivity index (χ3n) is 7.95. The molecule has 4 atom stereocenters. The van der Waals surface area contributed by atoms with Gasteiger partial charge in [0.1, 0.15) is 23.2 Å². The molecule has 220 valence electrons. The number of benzene rings is 1. The summed E-state index contributed by atoms with van der Waals surface area (Å²) < 4.78 is 6.15. The van der Waals surface area contributed by atoms with Crippen LogP contribution in [0.2, 0.25) is 0 Å². The molecule has 1 heterocycles. The quantitative estimate of drug-likeness (QED) is 0.188. The molecule has 3 unspecified atom stereocenters. The Morgan fingerprint density at radius 3 is 2.32 bits per heavy atom. The maximum absolute atomic E-state index is 14.6. The number of aliphatic hydroxyl groups excluding tert-OH is 1. The summed E-state index contributed by atoms with van der Waals surface area (Å²) in [4.78, 5) is 40.3. The van der Waals surface area contributed by atoms with Crippen LogP contribution in [0.3, 0.4) is 0 Å². The minimum Gasteiger partial charge on any atom is -0.511 e. The maximum Gasteiger partial charge on any atom is 0.304 e. The highest BCUT2D eigenvalue weighted by atomic mass is 16.5. The molecule has 0 saturated heterocycles. The van der Waals surface area contributed by atoms with Crippen LogP contribution in [0, 0.1) is 11.3 Å². The predicted octanol–water partition coefficient (Wildman–Crippen LogP) is 7.94. The number of Topliss-reactive ketones (excluding diaryl/α,β-unsaturated/α-hetero) is 2. The fraction of sp³-hybridized carbons (Fsp3) is 0.457. The number of ether oxygens (including phenoxy) is 1. The van der Waals surface area contributed by atoms with Gasteiger partial charge in [-0.15, -0.1) is 13.2 Å². The van der Waals surface area contributed by atoms with E-state index in [2.05, 4.69) is 13.2 Å². The first-order valence-electron chi connectivity index (χ1n) is 14.4. The molecular formula is C35H44O6. The number of carboxylic acids is 1. The summed E-state index contributed by atoms with van der Waals surface area (Å²) in [6.07, 6.45) is 3.68. The summed E-state index contributed by atoms with van der Waals surface area (Å²) in [5.74, 6) is -2.88. The van der Waals surface area contributed by atoms with Gasteiger partial charge in [0.05, 0.1) is 11.8 Å². The fourth-order valence-electron chi connectivity index (χ4n) is 6.05. The molecule has 2 aliphatic rings. The van der Waals surface area contributed by atoms with Gasteiger partial charge in [-0.1, -0.05) is 53.1 Å². The first kappa shape index (κ1) is 31.9. The number of allylic oxidation sites excluding steroid dienone is 7. The van der Waals surface area contributed by atoms with Crippen LogP contribution in [-0.4, -0.2) is 33.9 Å². The lowest BCUT2D eigenvalue weighted by atomic mass is 9.62. The number of aliphatic hydroxyl groups is 1. The zero-order valence-electron chi connectivity index (χ0n) is 25.1. The van der Waals surface area contributed by atoms with Crippen molar-refractivity contribution < 1.29 is 29.3 Å². The molecule has 1 aromatic carbocycles. The van der Waals surface area contributed by atoms with E-state index in [9.17, 15) is 24.6 Å². The zero-order valence-corrected chi connectivity index (χ0v) is 25.1. The van der Waals surface area contributed by atoms with E-state index in [-0.39, 0.29) is 60.0 Å². The zero-order chi connectivity index (χ0) is 30.5. The van der Waals surface area contributed by atoms with Gasteiger partial charge in [-0.2, -0.15) is 0 Å². The van der Waals surface area contributed by atoms with Crippen molar-refractivity contribution in [1.82, 2.24) is 0 Å². The predicted molar refractivity (Wildman–Crippen MR) is 161 cm³/mol. The van der Waals surface area contributed by atoms with Crippen molar-refractivity contribution in [3.63, 3.8) is 0 Å². The number of aliphatic carboxylic acids is 1. The molecule has 41 heavy (non-hydrogen) atoms. The topological polar surface area (TPSA) is 101 Å². The lowest BCUT2D eigenvalue weighted by molar-refractivity contribution is -0.137. The van der Waals surface area contributed by atoms with Crippen LogP contribution in [0.1, 0.15) is 91.0 Å². The van der Waals surface area contributed by atoms with E-state index in [0.717, 1.165) is 29.6 Å². The third kappa shape index (κ3) is 7.35. The molecule has 6 heteroatoms. The van der Waals surface area contributed by atoms with Crippen molar-refractivity contribution in [1.29, 1.82) is 0 Å². The first-order valence-corrected chi connectivity index (χ1v) is 14.4. The highest BCUT2D eigenvalue weighted by Gasteiger charge is 2.54. The Labute approximate surface area is 244 Å². The van der Waals surface area contributed by atoms with E-state index in [1.165, 1.54) is 0 Å². The second-order valence-electron chi connectivity index (χ2n) is 12.2. The Morgan fingerprint density at radius 1 is 1.10 bits per heavy atom. The van der Waals surface area contributed by atoms with E-state index in [0.29, 0.717) is 12.0 Å². The molecule has 0 aromatic heterocycles. The standard InChI is InChI=1S/C35H44O6/c1-21(2)13-14-25(17-23(5)6)20-35(16-15-22(3)4)33(39)30(27(19-29(37)38)26-11-9-8-10-12-26)32-31(34(35)40)28(36)18-24(7)41-32/h8-12,15,24-25,27,39H,1,5,13-14,16-20H2,2-4,6-7H3,(H,37,38)/t24-,25?,27?,35?/m0/s1. The van der Waals surface area contributed by atoms with Crippen LogP contribution in [-0.2, 0) is 19.1 Å². The molecule has 1 aliphatic heterocycles. The number of rotatable bonds is 13. The lowest BCUT2D eigenvalue weighted by Crippen LogP contribution is -2.45. The number of carbonyl (C=O) groups excluding carboxylic acids is 2. The normalized spacial score (nSPS) is 22.0. The second kappa shape index (κ2) is 13.3. The molecule has 0 saturated carbocycles. The van der Waals surface area contributed by atoms with Crippen molar-refractivity contribution in [3.05, 3.63) is 94.5 Å². The Bertz CT molecular complexity index is 1310. The highest BCUT2D eigenvalue weighted by molar-refractivity contribution is 6.25. The van der Waals surface area contributed by atoms with Gasteiger partial charge < -0.3 is 14.9 Å². The van der Waals surface area contributed by atoms with Gasteiger partial charge >= 0.3 is 5.97 Å². The smallest absolute Gasteiger partial charge is 0.304 e. The summed E-state index contributed by atoms with van der Waals surface area (Å²) in [5.41, 5.74) is 2.32. The maximum atomic E-state index is 14.6. The number of carboxylic acid groups (broad SMARTS) is 1. The fourth-order valence-corrected chi connectivity index (χ4v) is 6.05. The molecule has 1 aromatic rings. The van der Waals surface area contributed by atoms with Gasteiger partial charge in [-0.05, 0) is 78.2 Å². The average Bonchev–Trinajstić information content (AvgIpc) is 2.87. The van der Waals surface area contributed by atoms with Crippen molar-refractivity contribution >= 4 is 17.5 Å². The molecule has 0 bridgehead atoms. The van der Waals surface area contributed by atoms with Crippen molar-refractivity contribution in [2.45, 2.75) is 91.6 Å². The summed E-state index contributed by atoms with van der Waals surface area (Å²) in [7, 11) is 0. The number of carbonyl (C=O) groups is 3. The van der Waals surface area contributed by atoms with Crippen molar-refractivity contribution in [2.24, 2.45) is 11.3 Å². The van der Waals surface area contributed by atoms with E-state index < -0.39 is 29.2 Å². The van der Waals surface area contributed by atoms with Gasteiger partial charge in [0.2, 0.25) is 0 Å². The molecule has 0 radical (unpaired) electrons. The number of hydrogen-bond donors (Lipinski definition) is 2.